The Morgan fingerprint density at radius 1 is 1.00 bits per heavy atom. The summed E-state index contributed by atoms with van der Waals surface area (Å²) < 4.78 is 11.3. The van der Waals surface area contributed by atoms with Gasteiger partial charge in [-0.2, -0.15) is 0 Å². The first-order chi connectivity index (χ1) is 14.7. The molecule has 1 aliphatic carbocycles. The highest BCUT2D eigenvalue weighted by atomic mass is 16.5. The average Bonchev–Trinajstić information content (AvgIpc) is 3.64. The number of rotatable bonds is 7. The number of nitrogens with one attached hydrogen (secondary N) is 2. The summed E-state index contributed by atoms with van der Waals surface area (Å²) in [7, 11) is 3.48. The predicted octanol–water partition coefficient (Wildman–Crippen LogP) is 3.78. The summed E-state index contributed by atoms with van der Waals surface area (Å²) in [5.74, 6) is 3.09. The van der Waals surface area contributed by atoms with Gasteiger partial charge in [-0.25, -0.2) is 0 Å². The van der Waals surface area contributed by atoms with Crippen molar-refractivity contribution in [1.82, 2.24) is 15.5 Å². The standard InChI is InChI=1S/C24H32N4O2/c1-25-24(27-19-13-15-28(16-14-19)20-9-10-20)26-17-18-7-11-21(12-8-18)30-23-6-4-3-5-22(23)29-2/h3-8,11-12,19-20H,9-10,13-17H2,1-2H3,(H2,25,26,27). The van der Waals surface area contributed by atoms with Crippen LogP contribution in [-0.2, 0) is 6.54 Å². The number of guanidine groups is 1. The van der Waals surface area contributed by atoms with Crippen LogP contribution < -0.4 is 20.1 Å². The maximum atomic E-state index is 5.95. The monoisotopic (exact) mass is 408 g/mol. The molecule has 1 saturated carbocycles. The lowest BCUT2D eigenvalue weighted by Gasteiger charge is -2.33. The van der Waals surface area contributed by atoms with Crippen LogP contribution in [0.5, 0.6) is 17.2 Å². The second-order valence-corrected chi connectivity index (χ2v) is 8.01. The summed E-state index contributed by atoms with van der Waals surface area (Å²) in [6.45, 7) is 3.12. The van der Waals surface area contributed by atoms with Crippen LogP contribution in [0.1, 0.15) is 31.2 Å². The van der Waals surface area contributed by atoms with E-state index in [-0.39, 0.29) is 0 Å². The molecule has 6 nitrogen and oxygen atoms in total. The Kier molecular flexibility index (Phi) is 6.74. The van der Waals surface area contributed by atoms with E-state index in [0.29, 0.717) is 11.8 Å². The summed E-state index contributed by atoms with van der Waals surface area (Å²) in [6.07, 6.45) is 5.16. The molecule has 2 fully saturated rings. The van der Waals surface area contributed by atoms with E-state index in [4.69, 9.17) is 9.47 Å². The Balaban J connectivity index is 1.24. The van der Waals surface area contributed by atoms with Crippen LogP contribution in [0.15, 0.2) is 53.5 Å². The SMILES string of the molecule is CN=C(NCc1ccc(Oc2ccccc2OC)cc1)NC1CCN(C2CC2)CC1. The van der Waals surface area contributed by atoms with Crippen molar-refractivity contribution >= 4 is 5.96 Å². The van der Waals surface area contributed by atoms with Crippen molar-refractivity contribution in [1.29, 1.82) is 0 Å². The molecule has 1 saturated heterocycles. The van der Waals surface area contributed by atoms with E-state index in [2.05, 4.69) is 32.7 Å². The molecule has 0 amide bonds. The molecule has 0 unspecified atom stereocenters. The van der Waals surface area contributed by atoms with Gasteiger partial charge in [-0.1, -0.05) is 24.3 Å². The minimum atomic E-state index is 0.503. The van der Waals surface area contributed by atoms with Gasteiger partial charge in [0.1, 0.15) is 5.75 Å². The van der Waals surface area contributed by atoms with Gasteiger partial charge in [0.05, 0.1) is 7.11 Å². The molecule has 0 spiro atoms. The lowest BCUT2D eigenvalue weighted by Crippen LogP contribution is -2.48. The third-order valence-electron chi connectivity index (χ3n) is 5.84. The van der Waals surface area contributed by atoms with Gasteiger partial charge in [0.15, 0.2) is 17.5 Å². The van der Waals surface area contributed by atoms with Crippen LogP contribution in [0.2, 0.25) is 0 Å². The first kappa shape index (κ1) is 20.5. The summed E-state index contributed by atoms with van der Waals surface area (Å²) >= 11 is 0. The predicted molar refractivity (Wildman–Crippen MR) is 120 cm³/mol. The van der Waals surface area contributed by atoms with Gasteiger partial charge >= 0.3 is 0 Å². The first-order valence-corrected chi connectivity index (χ1v) is 10.9. The molecule has 2 N–H and O–H groups in total. The normalized spacial score (nSPS) is 18.1. The topological polar surface area (TPSA) is 58.1 Å². The molecule has 0 bridgehead atoms. The number of para-hydroxylation sites is 2. The Bertz CT molecular complexity index is 841. The zero-order valence-corrected chi connectivity index (χ0v) is 17.9. The fraction of sp³-hybridized carbons (Fsp3) is 0.458. The van der Waals surface area contributed by atoms with Crippen LogP contribution in [0, 0.1) is 0 Å². The molecule has 4 rings (SSSR count). The quantitative estimate of drug-likeness (QED) is 0.539. The summed E-state index contributed by atoms with van der Waals surface area (Å²) in [5.41, 5.74) is 1.17. The molecule has 1 heterocycles. The van der Waals surface area contributed by atoms with Crippen molar-refractivity contribution < 1.29 is 9.47 Å². The van der Waals surface area contributed by atoms with E-state index in [1.54, 1.807) is 7.11 Å². The fourth-order valence-electron chi connectivity index (χ4n) is 3.93. The van der Waals surface area contributed by atoms with Gasteiger partial charge in [0.25, 0.3) is 0 Å². The van der Waals surface area contributed by atoms with Crippen LogP contribution in [0.4, 0.5) is 0 Å². The van der Waals surface area contributed by atoms with Gasteiger partial charge in [-0.05, 0) is 55.5 Å². The number of piperidine rings is 1. The second kappa shape index (κ2) is 9.85. The molecular formula is C24H32N4O2. The van der Waals surface area contributed by atoms with Crippen molar-refractivity contribution in [2.45, 2.75) is 44.3 Å². The third-order valence-corrected chi connectivity index (χ3v) is 5.84. The van der Waals surface area contributed by atoms with Crippen molar-refractivity contribution in [3.63, 3.8) is 0 Å². The highest BCUT2D eigenvalue weighted by molar-refractivity contribution is 5.79. The Hall–Kier alpha value is -2.73. The number of aliphatic imine (C=N–C) groups is 1. The molecule has 2 aromatic carbocycles. The molecule has 160 valence electrons. The van der Waals surface area contributed by atoms with Gasteiger partial charge < -0.3 is 25.0 Å². The van der Waals surface area contributed by atoms with Crippen LogP contribution in [-0.4, -0.2) is 50.2 Å². The Morgan fingerprint density at radius 2 is 1.70 bits per heavy atom. The van der Waals surface area contributed by atoms with Crippen LogP contribution >= 0.6 is 0 Å². The molecule has 2 aliphatic rings. The largest absolute Gasteiger partial charge is 0.493 e. The maximum absolute atomic E-state index is 5.95. The lowest BCUT2D eigenvalue weighted by molar-refractivity contribution is 0.197. The lowest BCUT2D eigenvalue weighted by atomic mass is 10.1. The van der Waals surface area contributed by atoms with Crippen molar-refractivity contribution in [2.75, 3.05) is 27.2 Å². The number of hydrogen-bond acceptors (Lipinski definition) is 4. The van der Waals surface area contributed by atoms with E-state index in [0.717, 1.165) is 30.0 Å². The van der Waals surface area contributed by atoms with E-state index >= 15 is 0 Å². The van der Waals surface area contributed by atoms with Gasteiger partial charge in [-0.3, -0.25) is 4.99 Å². The molecule has 0 aromatic heterocycles. The van der Waals surface area contributed by atoms with E-state index in [9.17, 15) is 0 Å². The minimum Gasteiger partial charge on any atom is -0.493 e. The highest BCUT2D eigenvalue weighted by Crippen LogP contribution is 2.31. The number of likely N-dealkylation sites (tertiary alicyclic amines) is 1. The summed E-state index contributed by atoms with van der Waals surface area (Å²) in [4.78, 5) is 7.04. The number of hydrogen-bond donors (Lipinski definition) is 2. The Labute approximate surface area is 179 Å². The number of nitrogens with zero attached hydrogens (tertiary/aromatic N) is 2. The molecule has 2 aromatic rings. The average molecular weight is 409 g/mol. The third kappa shape index (κ3) is 5.45. The highest BCUT2D eigenvalue weighted by Gasteiger charge is 2.31. The zero-order chi connectivity index (χ0) is 20.8. The minimum absolute atomic E-state index is 0.503. The molecule has 30 heavy (non-hydrogen) atoms. The summed E-state index contributed by atoms with van der Waals surface area (Å²) in [6, 6.07) is 17.1. The maximum Gasteiger partial charge on any atom is 0.191 e. The zero-order valence-electron chi connectivity index (χ0n) is 17.9. The van der Waals surface area contributed by atoms with Crippen LogP contribution in [0.25, 0.3) is 0 Å². The van der Waals surface area contributed by atoms with Crippen molar-refractivity contribution in [2.24, 2.45) is 4.99 Å². The smallest absolute Gasteiger partial charge is 0.191 e. The van der Waals surface area contributed by atoms with Crippen molar-refractivity contribution in [3.8, 4) is 17.2 Å². The number of benzene rings is 2. The molecule has 0 atom stereocenters. The second-order valence-electron chi connectivity index (χ2n) is 8.01. The van der Waals surface area contributed by atoms with E-state index in [1.807, 2.05) is 43.4 Å². The van der Waals surface area contributed by atoms with E-state index in [1.165, 1.54) is 44.3 Å². The first-order valence-electron chi connectivity index (χ1n) is 10.9. The summed E-state index contributed by atoms with van der Waals surface area (Å²) in [5, 5.41) is 7.02. The van der Waals surface area contributed by atoms with Gasteiger partial charge in [0, 0.05) is 38.8 Å². The van der Waals surface area contributed by atoms with Gasteiger partial charge in [-0.15, -0.1) is 0 Å². The molecular weight excluding hydrogens is 376 g/mol. The fourth-order valence-corrected chi connectivity index (χ4v) is 3.93. The number of ether oxygens (including phenoxy) is 2. The molecule has 1 aliphatic heterocycles. The number of methoxy groups -OCH3 is 1. The van der Waals surface area contributed by atoms with Crippen LogP contribution in [0.3, 0.4) is 0 Å². The van der Waals surface area contributed by atoms with E-state index < -0.39 is 0 Å². The molecule has 6 heteroatoms. The molecule has 0 radical (unpaired) electrons. The van der Waals surface area contributed by atoms with Crippen molar-refractivity contribution in [3.05, 3.63) is 54.1 Å². The van der Waals surface area contributed by atoms with Gasteiger partial charge in [0.2, 0.25) is 0 Å². The Morgan fingerprint density at radius 3 is 2.33 bits per heavy atom.